The first-order valence-electron chi connectivity index (χ1n) is 2.88. The van der Waals surface area contributed by atoms with E-state index in [2.05, 4.69) is 0 Å². The van der Waals surface area contributed by atoms with Gasteiger partial charge in [-0.1, -0.05) is 6.92 Å². The van der Waals surface area contributed by atoms with Gasteiger partial charge in [-0.05, 0) is 6.42 Å². The van der Waals surface area contributed by atoms with E-state index in [0.29, 0.717) is 0 Å². The molecule has 0 amide bonds. The van der Waals surface area contributed by atoms with Crippen LogP contribution in [0.15, 0.2) is 0 Å². The van der Waals surface area contributed by atoms with E-state index in [1.807, 2.05) is 0 Å². The number of halogens is 2. The van der Waals surface area contributed by atoms with Crippen molar-refractivity contribution in [2.75, 3.05) is 0 Å². The Morgan fingerprint density at radius 1 is 1.50 bits per heavy atom. The van der Waals surface area contributed by atoms with Crippen LogP contribution in [0, 0.1) is 5.92 Å². The van der Waals surface area contributed by atoms with E-state index in [9.17, 15) is 18.4 Å². The Hall–Kier alpha value is -0.800. The highest BCUT2D eigenvalue weighted by Crippen LogP contribution is 2.22. The van der Waals surface area contributed by atoms with Gasteiger partial charge in [-0.25, -0.2) is 0 Å². The molecule has 0 fully saturated rings. The summed E-state index contributed by atoms with van der Waals surface area (Å²) in [5, 5.41) is 0. The summed E-state index contributed by atoms with van der Waals surface area (Å²) in [7, 11) is 0. The Bertz CT molecular complexity index is 134. The molecule has 0 aliphatic carbocycles. The molecule has 0 aromatic carbocycles. The highest BCUT2D eigenvalue weighted by molar-refractivity contribution is 5.69. The van der Waals surface area contributed by atoms with Crippen molar-refractivity contribution in [1.82, 2.24) is 0 Å². The van der Waals surface area contributed by atoms with Gasteiger partial charge < -0.3 is 4.79 Å². The fraction of sp³-hybridized carbons (Fsp3) is 0.667. The summed E-state index contributed by atoms with van der Waals surface area (Å²) in [6, 6.07) is 0. The van der Waals surface area contributed by atoms with Crippen LogP contribution in [0.5, 0.6) is 0 Å². The molecule has 0 saturated carbocycles. The van der Waals surface area contributed by atoms with Gasteiger partial charge in [0.2, 0.25) is 0 Å². The fourth-order valence-electron chi connectivity index (χ4n) is 0.546. The quantitative estimate of drug-likeness (QED) is 0.561. The van der Waals surface area contributed by atoms with Gasteiger partial charge in [0.15, 0.2) is 6.29 Å². The minimum atomic E-state index is -3.49. The average molecular weight is 150 g/mol. The molecule has 4 heteroatoms. The monoisotopic (exact) mass is 150 g/mol. The first kappa shape index (κ1) is 9.20. The summed E-state index contributed by atoms with van der Waals surface area (Å²) in [5.41, 5.74) is 0. The lowest BCUT2D eigenvalue weighted by Crippen LogP contribution is -2.30. The maximum atomic E-state index is 12.2. The van der Waals surface area contributed by atoms with Crippen molar-refractivity contribution in [2.45, 2.75) is 19.3 Å². The fourth-order valence-corrected chi connectivity index (χ4v) is 0.546. The largest absolute Gasteiger partial charge is 0.311 e. The van der Waals surface area contributed by atoms with Gasteiger partial charge in [0.1, 0.15) is 6.29 Å². The smallest absolute Gasteiger partial charge is 0.303 e. The van der Waals surface area contributed by atoms with Crippen LogP contribution in [-0.4, -0.2) is 18.5 Å². The van der Waals surface area contributed by atoms with Crippen molar-refractivity contribution >= 4 is 12.6 Å². The van der Waals surface area contributed by atoms with Crippen LogP contribution >= 0.6 is 0 Å². The van der Waals surface area contributed by atoms with E-state index >= 15 is 0 Å². The number of carbonyl (C=O) groups excluding carboxylic acids is 2. The van der Waals surface area contributed by atoms with Gasteiger partial charge >= 0.3 is 5.92 Å². The number of carbonyl (C=O) groups is 2. The Morgan fingerprint density at radius 2 is 2.00 bits per heavy atom. The van der Waals surface area contributed by atoms with E-state index in [1.165, 1.54) is 6.92 Å². The maximum absolute atomic E-state index is 12.2. The molecule has 0 rings (SSSR count). The normalized spacial score (nSPS) is 14.3. The van der Waals surface area contributed by atoms with Crippen molar-refractivity contribution < 1.29 is 18.4 Å². The molecule has 0 saturated heterocycles. The summed E-state index contributed by atoms with van der Waals surface area (Å²) in [5.74, 6) is -4.96. The summed E-state index contributed by atoms with van der Waals surface area (Å²) < 4.78 is 24.4. The minimum Gasteiger partial charge on any atom is -0.303 e. The van der Waals surface area contributed by atoms with Gasteiger partial charge in [0, 0.05) is 0 Å². The molecule has 58 valence electrons. The van der Waals surface area contributed by atoms with Crippen LogP contribution in [-0.2, 0) is 9.59 Å². The first-order valence-corrected chi connectivity index (χ1v) is 2.88. The molecule has 0 heterocycles. The van der Waals surface area contributed by atoms with Crippen LogP contribution in [0.2, 0.25) is 0 Å². The molecule has 2 nitrogen and oxygen atoms in total. The second-order valence-electron chi connectivity index (χ2n) is 1.94. The van der Waals surface area contributed by atoms with E-state index < -0.39 is 18.1 Å². The summed E-state index contributed by atoms with van der Waals surface area (Å²) in [4.78, 5) is 19.6. The number of rotatable bonds is 4. The van der Waals surface area contributed by atoms with Crippen molar-refractivity contribution in [2.24, 2.45) is 5.92 Å². The number of hydrogen-bond donors (Lipinski definition) is 0. The minimum absolute atomic E-state index is 0.0186. The molecular weight excluding hydrogens is 142 g/mol. The average Bonchev–Trinajstić information content (AvgIpc) is 1.90. The molecule has 1 atom stereocenters. The van der Waals surface area contributed by atoms with Crippen LogP contribution in [0.3, 0.4) is 0 Å². The molecule has 0 aromatic heterocycles. The second kappa shape index (κ2) is 3.39. The zero-order valence-corrected chi connectivity index (χ0v) is 5.51. The second-order valence-corrected chi connectivity index (χ2v) is 1.94. The lowest BCUT2D eigenvalue weighted by molar-refractivity contribution is -0.142. The number of hydrogen-bond acceptors (Lipinski definition) is 2. The summed E-state index contributed by atoms with van der Waals surface area (Å²) in [6.45, 7) is 1.43. The molecule has 0 spiro atoms. The third-order valence-corrected chi connectivity index (χ3v) is 1.26. The standard InChI is InChI=1S/C6H8F2O2/c1-2-5(3-9)6(7,8)4-10/h3-5H,2H2,1H3. The first-order chi connectivity index (χ1) is 4.58. The molecule has 10 heavy (non-hydrogen) atoms. The van der Waals surface area contributed by atoms with E-state index in [4.69, 9.17) is 0 Å². The lowest BCUT2D eigenvalue weighted by Gasteiger charge is -2.13. The van der Waals surface area contributed by atoms with E-state index in [-0.39, 0.29) is 12.7 Å². The molecule has 0 aliphatic heterocycles. The van der Waals surface area contributed by atoms with Crippen molar-refractivity contribution in [1.29, 1.82) is 0 Å². The molecule has 0 N–H and O–H groups in total. The van der Waals surface area contributed by atoms with Crippen LogP contribution in [0.4, 0.5) is 8.78 Å². The molecular formula is C6H8F2O2. The van der Waals surface area contributed by atoms with Crippen LogP contribution in [0.1, 0.15) is 13.3 Å². The summed E-state index contributed by atoms with van der Waals surface area (Å²) in [6.07, 6.45) is -0.404. The van der Waals surface area contributed by atoms with Crippen LogP contribution in [0.25, 0.3) is 0 Å². The van der Waals surface area contributed by atoms with Gasteiger partial charge in [-0.15, -0.1) is 0 Å². The molecule has 0 aliphatic rings. The SMILES string of the molecule is CCC(C=O)C(F)(F)C=O. The predicted molar refractivity (Wildman–Crippen MR) is 30.9 cm³/mol. The Balaban J connectivity index is 4.24. The van der Waals surface area contributed by atoms with Gasteiger partial charge in [0.05, 0.1) is 5.92 Å². The Kier molecular flexibility index (Phi) is 3.12. The summed E-state index contributed by atoms with van der Waals surface area (Å²) >= 11 is 0. The van der Waals surface area contributed by atoms with Gasteiger partial charge in [-0.3, -0.25) is 4.79 Å². The lowest BCUT2D eigenvalue weighted by atomic mass is 10.0. The van der Waals surface area contributed by atoms with Crippen molar-refractivity contribution in [3.8, 4) is 0 Å². The Morgan fingerprint density at radius 3 is 2.10 bits per heavy atom. The third-order valence-electron chi connectivity index (χ3n) is 1.26. The third kappa shape index (κ3) is 1.86. The van der Waals surface area contributed by atoms with E-state index in [1.54, 1.807) is 0 Å². The molecule has 0 bridgehead atoms. The predicted octanol–water partition coefficient (Wildman–Crippen LogP) is 1.05. The zero-order chi connectivity index (χ0) is 8.20. The van der Waals surface area contributed by atoms with Crippen LogP contribution < -0.4 is 0 Å². The highest BCUT2D eigenvalue weighted by Gasteiger charge is 2.37. The zero-order valence-electron chi connectivity index (χ0n) is 5.51. The highest BCUT2D eigenvalue weighted by atomic mass is 19.3. The molecule has 0 aromatic rings. The Labute approximate surface area is 57.2 Å². The topological polar surface area (TPSA) is 34.1 Å². The number of aldehydes is 2. The number of alkyl halides is 2. The van der Waals surface area contributed by atoms with Gasteiger partial charge in [0.25, 0.3) is 0 Å². The van der Waals surface area contributed by atoms with Crippen molar-refractivity contribution in [3.05, 3.63) is 0 Å². The van der Waals surface area contributed by atoms with E-state index in [0.717, 1.165) is 0 Å². The molecule has 0 radical (unpaired) electrons. The molecule has 1 unspecified atom stereocenters. The maximum Gasteiger partial charge on any atom is 0.311 e. The van der Waals surface area contributed by atoms with Gasteiger partial charge in [-0.2, -0.15) is 8.78 Å². The van der Waals surface area contributed by atoms with Crippen molar-refractivity contribution in [3.63, 3.8) is 0 Å².